The Kier molecular flexibility index (Phi) is 4.34. The molecule has 0 amide bonds. The van der Waals surface area contributed by atoms with Crippen LogP contribution in [0.5, 0.6) is 0 Å². The van der Waals surface area contributed by atoms with Crippen molar-refractivity contribution in [1.29, 1.82) is 0 Å². The van der Waals surface area contributed by atoms with Gasteiger partial charge in [-0.1, -0.05) is 23.7 Å². The van der Waals surface area contributed by atoms with Crippen LogP contribution in [0, 0.1) is 0 Å². The molecule has 0 saturated carbocycles. The predicted octanol–water partition coefficient (Wildman–Crippen LogP) is 2.29. The summed E-state index contributed by atoms with van der Waals surface area (Å²) in [5.74, 6) is 0.594. The molecule has 6 nitrogen and oxygen atoms in total. The first-order valence-electron chi connectivity index (χ1n) is 6.12. The smallest absolute Gasteiger partial charge is 0.223 e. The Bertz CT molecular complexity index is 727. The van der Waals surface area contributed by atoms with Crippen molar-refractivity contribution in [1.82, 2.24) is 9.97 Å². The fraction of sp³-hybridized carbons (Fsp3) is 0.231. The molecule has 1 unspecified atom stereocenters. The van der Waals surface area contributed by atoms with Gasteiger partial charge in [-0.25, -0.2) is 13.4 Å². The normalized spacial score (nSPS) is 12.9. The molecule has 1 aromatic carbocycles. The first-order chi connectivity index (χ1) is 9.75. The number of benzene rings is 1. The van der Waals surface area contributed by atoms with Crippen LogP contribution in [0.3, 0.4) is 0 Å². The quantitative estimate of drug-likeness (QED) is 0.836. The molecule has 1 aromatic heterocycles. The largest absolute Gasteiger partial charge is 0.368 e. The van der Waals surface area contributed by atoms with Crippen LogP contribution in [0.25, 0.3) is 0 Å². The van der Waals surface area contributed by atoms with E-state index >= 15 is 0 Å². The van der Waals surface area contributed by atoms with Crippen molar-refractivity contribution in [3.8, 4) is 0 Å². The van der Waals surface area contributed by atoms with Gasteiger partial charge in [0.25, 0.3) is 0 Å². The lowest BCUT2D eigenvalue weighted by Gasteiger charge is -2.15. The van der Waals surface area contributed by atoms with Crippen molar-refractivity contribution in [3.05, 3.63) is 41.0 Å². The molecule has 0 aliphatic carbocycles. The Hall–Kier alpha value is -1.86. The van der Waals surface area contributed by atoms with Gasteiger partial charge in [-0.15, -0.1) is 0 Å². The van der Waals surface area contributed by atoms with Crippen LogP contribution in [0.4, 0.5) is 11.8 Å². The molecule has 0 bridgehead atoms. The average molecular weight is 327 g/mol. The number of nitrogens with zero attached hydrogens (tertiary/aromatic N) is 2. The Morgan fingerprint density at radius 1 is 1.24 bits per heavy atom. The second kappa shape index (κ2) is 5.87. The number of aromatic nitrogens is 2. The highest BCUT2D eigenvalue weighted by molar-refractivity contribution is 7.90. The lowest BCUT2D eigenvalue weighted by molar-refractivity contribution is 0.602. The third-order valence-electron chi connectivity index (χ3n) is 2.88. The molecule has 1 heterocycles. The maximum Gasteiger partial charge on any atom is 0.223 e. The highest BCUT2D eigenvalue weighted by Crippen LogP contribution is 2.21. The molecular formula is C13H15ClN4O2S. The molecule has 0 radical (unpaired) electrons. The van der Waals surface area contributed by atoms with Crippen LogP contribution >= 0.6 is 11.6 Å². The van der Waals surface area contributed by atoms with Gasteiger partial charge in [0.2, 0.25) is 5.95 Å². The van der Waals surface area contributed by atoms with E-state index in [-0.39, 0.29) is 22.0 Å². The minimum Gasteiger partial charge on any atom is -0.368 e. The van der Waals surface area contributed by atoms with Crippen LogP contribution in [-0.4, -0.2) is 24.6 Å². The summed E-state index contributed by atoms with van der Waals surface area (Å²) in [7, 11) is -3.19. The standard InChI is InChI=1S/C13H15ClN4O2S/c1-8(16-12-7-11(14)17-13(15)18-12)9-3-5-10(6-4-9)21(2,19)20/h3-8H,1-2H3,(H3,15,16,17,18). The van der Waals surface area contributed by atoms with Crippen molar-refractivity contribution in [2.45, 2.75) is 17.9 Å². The molecule has 2 rings (SSSR count). The number of anilines is 2. The van der Waals surface area contributed by atoms with E-state index in [1.54, 1.807) is 30.3 Å². The molecule has 0 fully saturated rings. The highest BCUT2D eigenvalue weighted by atomic mass is 35.5. The second-order valence-corrected chi connectivity index (χ2v) is 7.04. The van der Waals surface area contributed by atoms with Gasteiger partial charge in [0.05, 0.1) is 4.90 Å². The average Bonchev–Trinajstić information content (AvgIpc) is 2.36. The second-order valence-electron chi connectivity index (χ2n) is 4.64. The molecule has 112 valence electrons. The van der Waals surface area contributed by atoms with Gasteiger partial charge in [0.15, 0.2) is 9.84 Å². The molecule has 3 N–H and O–H groups in total. The van der Waals surface area contributed by atoms with Crippen molar-refractivity contribution < 1.29 is 8.42 Å². The van der Waals surface area contributed by atoms with Gasteiger partial charge in [0, 0.05) is 18.4 Å². The first-order valence-corrected chi connectivity index (χ1v) is 8.39. The number of nitrogen functional groups attached to an aromatic ring is 1. The maximum atomic E-state index is 11.4. The fourth-order valence-electron chi connectivity index (χ4n) is 1.82. The summed E-state index contributed by atoms with van der Waals surface area (Å²) in [6, 6.07) is 8.12. The summed E-state index contributed by atoms with van der Waals surface area (Å²) >= 11 is 5.81. The van der Waals surface area contributed by atoms with Gasteiger partial charge in [-0.2, -0.15) is 4.98 Å². The number of rotatable bonds is 4. The lowest BCUT2D eigenvalue weighted by atomic mass is 10.1. The molecule has 8 heteroatoms. The topological polar surface area (TPSA) is 98.0 Å². The van der Waals surface area contributed by atoms with Crippen LogP contribution in [-0.2, 0) is 9.84 Å². The third-order valence-corrected chi connectivity index (χ3v) is 4.21. The summed E-state index contributed by atoms with van der Waals surface area (Å²) in [6.07, 6.45) is 1.18. The Morgan fingerprint density at radius 3 is 2.38 bits per heavy atom. The van der Waals surface area contributed by atoms with E-state index in [1.165, 1.54) is 6.26 Å². The molecule has 2 aromatic rings. The molecule has 0 saturated heterocycles. The van der Waals surface area contributed by atoms with E-state index in [1.807, 2.05) is 6.92 Å². The van der Waals surface area contributed by atoms with E-state index in [0.717, 1.165) is 5.56 Å². The number of nitrogens with one attached hydrogen (secondary N) is 1. The van der Waals surface area contributed by atoms with Gasteiger partial charge in [-0.05, 0) is 24.6 Å². The summed E-state index contributed by atoms with van der Waals surface area (Å²) in [6.45, 7) is 1.92. The van der Waals surface area contributed by atoms with Gasteiger partial charge in [0.1, 0.15) is 11.0 Å². The third kappa shape index (κ3) is 4.05. The number of halogens is 1. The van der Waals surface area contributed by atoms with E-state index in [0.29, 0.717) is 5.82 Å². The van der Waals surface area contributed by atoms with Crippen LogP contribution < -0.4 is 11.1 Å². The van der Waals surface area contributed by atoms with Crippen LogP contribution in [0.15, 0.2) is 35.2 Å². The fourth-order valence-corrected chi connectivity index (χ4v) is 2.64. The van der Waals surface area contributed by atoms with Crippen molar-refractivity contribution in [3.63, 3.8) is 0 Å². The van der Waals surface area contributed by atoms with Crippen LogP contribution in [0.2, 0.25) is 5.15 Å². The summed E-state index contributed by atoms with van der Waals surface area (Å²) < 4.78 is 22.8. The number of sulfone groups is 1. The molecular weight excluding hydrogens is 312 g/mol. The molecule has 0 aliphatic heterocycles. The summed E-state index contributed by atoms with van der Waals surface area (Å²) in [5, 5.41) is 3.39. The Morgan fingerprint density at radius 2 is 1.86 bits per heavy atom. The first kappa shape index (κ1) is 15.5. The van der Waals surface area contributed by atoms with Crippen LogP contribution in [0.1, 0.15) is 18.5 Å². The number of hydrogen-bond acceptors (Lipinski definition) is 6. The molecule has 0 aliphatic rings. The van der Waals surface area contributed by atoms with Crippen molar-refractivity contribution in [2.75, 3.05) is 17.3 Å². The Labute approximate surface area is 128 Å². The van der Waals surface area contributed by atoms with Crippen molar-refractivity contribution >= 4 is 33.2 Å². The summed E-state index contributed by atoms with van der Waals surface area (Å²) in [5.41, 5.74) is 6.44. The maximum absolute atomic E-state index is 11.4. The number of hydrogen-bond donors (Lipinski definition) is 2. The zero-order valence-electron chi connectivity index (χ0n) is 11.5. The Balaban J connectivity index is 2.18. The van der Waals surface area contributed by atoms with Crippen molar-refractivity contribution in [2.24, 2.45) is 0 Å². The zero-order valence-corrected chi connectivity index (χ0v) is 13.1. The summed E-state index contributed by atoms with van der Waals surface area (Å²) in [4.78, 5) is 8.09. The van der Waals surface area contributed by atoms with Gasteiger partial charge < -0.3 is 11.1 Å². The number of nitrogens with two attached hydrogens (primary N) is 1. The molecule has 0 spiro atoms. The van der Waals surface area contributed by atoms with E-state index in [2.05, 4.69) is 15.3 Å². The van der Waals surface area contributed by atoms with E-state index < -0.39 is 9.84 Å². The monoisotopic (exact) mass is 326 g/mol. The predicted molar refractivity (Wildman–Crippen MR) is 83.0 cm³/mol. The van der Waals surface area contributed by atoms with E-state index in [4.69, 9.17) is 17.3 Å². The van der Waals surface area contributed by atoms with Gasteiger partial charge in [-0.3, -0.25) is 0 Å². The highest BCUT2D eigenvalue weighted by Gasteiger charge is 2.10. The SMILES string of the molecule is CC(Nc1cc(Cl)nc(N)n1)c1ccc(S(C)(=O)=O)cc1. The lowest BCUT2D eigenvalue weighted by Crippen LogP contribution is -2.09. The molecule has 1 atom stereocenters. The molecule has 21 heavy (non-hydrogen) atoms. The van der Waals surface area contributed by atoms with E-state index in [9.17, 15) is 8.42 Å². The minimum atomic E-state index is -3.19. The minimum absolute atomic E-state index is 0.0876. The zero-order chi connectivity index (χ0) is 15.6. The van der Waals surface area contributed by atoms with Gasteiger partial charge >= 0.3 is 0 Å².